The van der Waals surface area contributed by atoms with Gasteiger partial charge in [0.1, 0.15) is 6.04 Å². The van der Waals surface area contributed by atoms with Crippen LogP contribution in [0.15, 0.2) is 29.3 Å². The molecular weight excluding hydrogens is 434 g/mol. The van der Waals surface area contributed by atoms with E-state index < -0.39 is 20.6 Å². The number of nitrogens with zero attached hydrogens (tertiary/aromatic N) is 3. The van der Waals surface area contributed by atoms with Crippen molar-refractivity contribution < 1.29 is 14.5 Å². The molecule has 0 radical (unpaired) electrons. The first-order valence-electron chi connectivity index (χ1n) is 8.36. The summed E-state index contributed by atoms with van der Waals surface area (Å²) in [7, 11) is 0. The summed E-state index contributed by atoms with van der Waals surface area (Å²) in [6, 6.07) is 1.88. The van der Waals surface area contributed by atoms with Crippen LogP contribution >= 0.6 is 27.7 Å². The lowest BCUT2D eigenvalue weighted by Gasteiger charge is -2.34. The SMILES string of the molecule is C=CCN1C(=O)C2N(C(=O)c3cc([N+](=O)[O-])cc(Br)c31)C(C)(C)SC2(C)C. The Hall–Kier alpha value is -1.87. The summed E-state index contributed by atoms with van der Waals surface area (Å²) >= 11 is 4.87. The Morgan fingerprint density at radius 3 is 2.52 bits per heavy atom. The van der Waals surface area contributed by atoms with Gasteiger partial charge in [-0.25, -0.2) is 0 Å². The smallest absolute Gasteiger partial charge is 0.271 e. The minimum absolute atomic E-state index is 0.139. The van der Waals surface area contributed by atoms with Crippen LogP contribution in [0.2, 0.25) is 0 Å². The van der Waals surface area contributed by atoms with Crippen LogP contribution < -0.4 is 4.90 Å². The van der Waals surface area contributed by atoms with Gasteiger partial charge in [-0.2, -0.15) is 0 Å². The van der Waals surface area contributed by atoms with E-state index in [9.17, 15) is 19.7 Å². The molecule has 2 aliphatic rings. The van der Waals surface area contributed by atoms with Gasteiger partial charge in [-0.1, -0.05) is 6.08 Å². The fourth-order valence-corrected chi connectivity index (χ4v) is 6.52. The van der Waals surface area contributed by atoms with Crippen molar-refractivity contribution >= 4 is 50.9 Å². The predicted octanol–water partition coefficient (Wildman–Crippen LogP) is 3.96. The highest BCUT2D eigenvalue weighted by Gasteiger charge is 2.59. The number of nitro benzene ring substituents is 1. The van der Waals surface area contributed by atoms with Crippen LogP contribution in [-0.4, -0.2) is 43.8 Å². The minimum Gasteiger partial charge on any atom is -0.311 e. The van der Waals surface area contributed by atoms with E-state index in [4.69, 9.17) is 0 Å². The molecule has 0 N–H and O–H groups in total. The number of carbonyl (C=O) groups excluding carboxylic acids is 2. The lowest BCUT2D eigenvalue weighted by atomic mass is 9.99. The van der Waals surface area contributed by atoms with Crippen LogP contribution in [0.5, 0.6) is 0 Å². The van der Waals surface area contributed by atoms with E-state index in [0.29, 0.717) is 10.2 Å². The first-order valence-corrected chi connectivity index (χ1v) is 9.97. The summed E-state index contributed by atoms with van der Waals surface area (Å²) in [5.74, 6) is -0.609. The molecule has 0 bridgehead atoms. The maximum atomic E-state index is 13.5. The second kappa shape index (κ2) is 6.34. The van der Waals surface area contributed by atoms with E-state index in [1.54, 1.807) is 22.7 Å². The van der Waals surface area contributed by atoms with Gasteiger partial charge in [-0.15, -0.1) is 18.3 Å². The first kappa shape index (κ1) is 19.9. The molecule has 1 aromatic carbocycles. The van der Waals surface area contributed by atoms with E-state index in [2.05, 4.69) is 22.5 Å². The number of rotatable bonds is 3. The Kier molecular flexibility index (Phi) is 4.67. The van der Waals surface area contributed by atoms with Gasteiger partial charge >= 0.3 is 0 Å². The van der Waals surface area contributed by atoms with Crippen LogP contribution in [0.1, 0.15) is 38.1 Å². The standard InChI is InChI=1S/C18H20BrN3O4S/c1-6-7-20-13-11(8-10(22(25)26)9-12(13)19)15(23)21-14(16(20)24)17(2,3)27-18(21,4)5/h6,8-9,14H,1,7H2,2-5H3. The lowest BCUT2D eigenvalue weighted by Crippen LogP contribution is -2.55. The summed E-state index contributed by atoms with van der Waals surface area (Å²) in [5.41, 5.74) is 0.281. The van der Waals surface area contributed by atoms with Gasteiger partial charge in [0, 0.05) is 27.9 Å². The zero-order chi connectivity index (χ0) is 20.3. The number of benzene rings is 1. The molecule has 2 amide bonds. The van der Waals surface area contributed by atoms with Crippen molar-refractivity contribution in [2.45, 2.75) is 43.4 Å². The fourth-order valence-electron chi connectivity index (χ4n) is 3.97. The highest BCUT2D eigenvalue weighted by atomic mass is 79.9. The molecule has 7 nitrogen and oxygen atoms in total. The average Bonchev–Trinajstić information content (AvgIpc) is 2.67. The third-order valence-electron chi connectivity index (χ3n) is 4.80. The van der Waals surface area contributed by atoms with Gasteiger partial charge in [0.05, 0.1) is 21.0 Å². The van der Waals surface area contributed by atoms with Gasteiger partial charge in [0.2, 0.25) is 0 Å². The van der Waals surface area contributed by atoms with E-state index in [0.717, 1.165) is 0 Å². The van der Waals surface area contributed by atoms with Crippen LogP contribution in [0, 0.1) is 10.1 Å². The van der Waals surface area contributed by atoms with Crippen LogP contribution in [0.4, 0.5) is 11.4 Å². The monoisotopic (exact) mass is 453 g/mol. The van der Waals surface area contributed by atoms with Crippen LogP contribution in [0.3, 0.4) is 0 Å². The van der Waals surface area contributed by atoms with Gasteiger partial charge in [0.15, 0.2) is 0 Å². The van der Waals surface area contributed by atoms with Crippen molar-refractivity contribution in [1.82, 2.24) is 4.90 Å². The van der Waals surface area contributed by atoms with Crippen LogP contribution in [0.25, 0.3) is 0 Å². The number of hydrogen-bond acceptors (Lipinski definition) is 5. The normalized spacial score (nSPS) is 22.9. The second-order valence-corrected chi connectivity index (χ2v) is 10.7. The van der Waals surface area contributed by atoms with Crippen LogP contribution in [-0.2, 0) is 4.79 Å². The Labute approximate surface area is 170 Å². The van der Waals surface area contributed by atoms with Gasteiger partial charge in [-0.05, 0) is 43.6 Å². The van der Waals surface area contributed by atoms with E-state index in [-0.39, 0.29) is 29.6 Å². The number of fused-ring (bicyclic) bond motifs is 2. The highest BCUT2D eigenvalue weighted by Crippen LogP contribution is 2.54. The maximum absolute atomic E-state index is 13.5. The first-order chi connectivity index (χ1) is 12.4. The molecule has 0 aliphatic carbocycles. The summed E-state index contributed by atoms with van der Waals surface area (Å²) in [5, 5.41) is 11.3. The quantitative estimate of drug-likeness (QED) is 0.392. The maximum Gasteiger partial charge on any atom is 0.271 e. The second-order valence-electron chi connectivity index (χ2n) is 7.55. The van der Waals surface area contributed by atoms with E-state index in [1.807, 2.05) is 27.7 Å². The number of thioether (sulfide) groups is 1. The number of amides is 2. The number of nitro groups is 1. The molecule has 2 aliphatic heterocycles. The largest absolute Gasteiger partial charge is 0.311 e. The zero-order valence-electron chi connectivity index (χ0n) is 15.5. The molecular formula is C18H20BrN3O4S. The number of carbonyl (C=O) groups is 2. The fraction of sp³-hybridized carbons (Fsp3) is 0.444. The Morgan fingerprint density at radius 1 is 1.33 bits per heavy atom. The molecule has 1 fully saturated rings. The summed E-state index contributed by atoms with van der Waals surface area (Å²) < 4.78 is -0.185. The Morgan fingerprint density at radius 2 is 1.96 bits per heavy atom. The van der Waals surface area contributed by atoms with E-state index >= 15 is 0 Å². The molecule has 1 aromatic rings. The predicted molar refractivity (Wildman–Crippen MR) is 109 cm³/mol. The number of anilines is 1. The summed E-state index contributed by atoms with van der Waals surface area (Å²) in [6.07, 6.45) is 1.58. The molecule has 0 saturated carbocycles. The Bertz CT molecular complexity index is 884. The molecule has 27 heavy (non-hydrogen) atoms. The van der Waals surface area contributed by atoms with Crippen molar-refractivity contribution in [2.75, 3.05) is 11.4 Å². The van der Waals surface area contributed by atoms with Crippen molar-refractivity contribution in [3.63, 3.8) is 0 Å². The van der Waals surface area contributed by atoms with Crippen molar-refractivity contribution in [1.29, 1.82) is 0 Å². The summed E-state index contributed by atoms with van der Waals surface area (Å²) in [4.78, 5) is 40.2. The molecule has 1 saturated heterocycles. The number of halogens is 1. The zero-order valence-corrected chi connectivity index (χ0v) is 17.9. The Balaban J connectivity index is 2.34. The molecule has 0 aromatic heterocycles. The van der Waals surface area contributed by atoms with Gasteiger partial charge in [-0.3, -0.25) is 19.7 Å². The molecule has 0 spiro atoms. The molecule has 9 heteroatoms. The van der Waals surface area contributed by atoms with Crippen molar-refractivity contribution in [3.05, 3.63) is 44.9 Å². The third-order valence-corrected chi connectivity index (χ3v) is 6.85. The average molecular weight is 454 g/mol. The molecule has 1 atom stereocenters. The summed E-state index contributed by atoms with van der Waals surface area (Å²) in [6.45, 7) is 11.6. The third kappa shape index (κ3) is 2.97. The molecule has 1 unspecified atom stereocenters. The minimum atomic E-state index is -0.691. The number of non-ortho nitro benzene ring substituents is 1. The topological polar surface area (TPSA) is 83.8 Å². The van der Waals surface area contributed by atoms with Crippen molar-refractivity contribution in [3.8, 4) is 0 Å². The number of hydrogen-bond donors (Lipinski definition) is 0. The molecule has 2 heterocycles. The van der Waals surface area contributed by atoms with Crippen molar-refractivity contribution in [2.24, 2.45) is 0 Å². The highest BCUT2D eigenvalue weighted by molar-refractivity contribution is 9.10. The van der Waals surface area contributed by atoms with E-state index in [1.165, 1.54) is 17.0 Å². The molecule has 144 valence electrons. The molecule has 3 rings (SSSR count). The lowest BCUT2D eigenvalue weighted by molar-refractivity contribution is -0.384. The van der Waals surface area contributed by atoms with Gasteiger partial charge in [0.25, 0.3) is 17.5 Å². The van der Waals surface area contributed by atoms with Gasteiger partial charge < -0.3 is 9.80 Å².